The predicted octanol–water partition coefficient (Wildman–Crippen LogP) is 3.83. The number of carbonyl (C=O) groups excluding carboxylic acids is 3. The van der Waals surface area contributed by atoms with E-state index in [0.29, 0.717) is 29.3 Å². The highest BCUT2D eigenvalue weighted by molar-refractivity contribution is 5.94. The summed E-state index contributed by atoms with van der Waals surface area (Å²) in [5.41, 5.74) is 3.35. The van der Waals surface area contributed by atoms with Crippen molar-refractivity contribution < 1.29 is 52.4 Å². The van der Waals surface area contributed by atoms with Gasteiger partial charge in [0.2, 0.25) is 11.7 Å². The van der Waals surface area contributed by atoms with Gasteiger partial charge in [0.1, 0.15) is 23.5 Å². The van der Waals surface area contributed by atoms with Gasteiger partial charge in [-0.25, -0.2) is 24.5 Å². The number of rotatable bonds is 14. The van der Waals surface area contributed by atoms with Crippen LogP contribution in [-0.2, 0) is 9.59 Å². The molecule has 0 aliphatic heterocycles. The number of benzene rings is 3. The molecule has 4 atom stereocenters. The summed E-state index contributed by atoms with van der Waals surface area (Å²) >= 11 is 0. The number of hydrogen-bond acceptors (Lipinski definition) is 11. The van der Waals surface area contributed by atoms with Gasteiger partial charge in [0.25, 0.3) is 5.91 Å². The fraction of sp³-hybridized carbons (Fsp3) is 0.325. The average molecular weight is 836 g/mol. The van der Waals surface area contributed by atoms with Gasteiger partial charge in [0.05, 0.1) is 25.5 Å². The van der Waals surface area contributed by atoms with Gasteiger partial charge in [-0.3, -0.25) is 9.59 Å². The second-order valence-electron chi connectivity index (χ2n) is 13.5. The number of carboxylic acids is 1. The number of aliphatic carboxylic acids is 1. The number of aliphatic hydroxyl groups excluding tert-OH is 2. The molecule has 0 bridgehead atoms. The second kappa shape index (κ2) is 20.3. The molecule has 6 rings (SSSR count). The maximum atomic E-state index is 13.5. The Morgan fingerprint density at radius 1 is 0.883 bits per heavy atom. The topological polar surface area (TPSA) is 242 Å². The van der Waals surface area contributed by atoms with E-state index in [0.717, 1.165) is 11.1 Å². The third-order valence-corrected chi connectivity index (χ3v) is 9.47. The van der Waals surface area contributed by atoms with Crippen LogP contribution in [0.25, 0.3) is 11.2 Å². The van der Waals surface area contributed by atoms with E-state index < -0.39 is 48.4 Å². The molecular formula is C40H44F3N9O8. The highest BCUT2D eigenvalue weighted by Crippen LogP contribution is 2.34. The molecule has 2 aromatic heterocycles. The Morgan fingerprint density at radius 3 is 2.05 bits per heavy atom. The number of ether oxygens (including phenoxy) is 1. The molecule has 0 radical (unpaired) electrons. The molecule has 1 aliphatic rings. The van der Waals surface area contributed by atoms with Crippen molar-refractivity contribution >= 4 is 46.5 Å². The van der Waals surface area contributed by atoms with Crippen molar-refractivity contribution in [3.63, 3.8) is 0 Å². The highest BCUT2D eigenvalue weighted by atomic mass is 19.4. The van der Waals surface area contributed by atoms with Crippen LogP contribution in [0.2, 0.25) is 0 Å². The average Bonchev–Trinajstić information content (AvgIpc) is 3.79. The molecule has 1 fully saturated rings. The molecule has 318 valence electrons. The Kier molecular flexibility index (Phi) is 15.0. The number of imidazole rings is 1. The molecule has 3 aromatic carbocycles. The Hall–Kier alpha value is -6.80. The SMILES string of the molecule is CCC(=O)N[C@H]1C[C@@H](n2cnc3c(NCC(c4ccccc4)c4ccccc4)nc(C(=O)NCCNC(=O)Nc4ccc(OC)cc4)nc32)[C@H](O)[C@@H]1O.O=C(O)C(F)(F)F. The summed E-state index contributed by atoms with van der Waals surface area (Å²) in [5.74, 6) is -2.87. The van der Waals surface area contributed by atoms with E-state index in [-0.39, 0.29) is 49.2 Å². The first-order valence-corrected chi connectivity index (χ1v) is 18.7. The number of fused-ring (bicyclic) bond motifs is 1. The summed E-state index contributed by atoms with van der Waals surface area (Å²) in [6.45, 7) is 2.30. The van der Waals surface area contributed by atoms with Gasteiger partial charge in [-0.2, -0.15) is 13.2 Å². The zero-order valence-corrected chi connectivity index (χ0v) is 32.4. The molecule has 8 N–H and O–H groups in total. The molecule has 17 nitrogen and oxygen atoms in total. The molecule has 0 saturated heterocycles. The number of nitrogens with one attached hydrogen (secondary N) is 5. The quantitative estimate of drug-likeness (QED) is 0.0745. The fourth-order valence-electron chi connectivity index (χ4n) is 6.40. The number of amides is 4. The number of aliphatic hydroxyl groups is 2. The van der Waals surface area contributed by atoms with Crippen molar-refractivity contribution in [3.8, 4) is 5.75 Å². The number of methoxy groups -OCH3 is 1. The molecule has 60 heavy (non-hydrogen) atoms. The third kappa shape index (κ3) is 11.4. The van der Waals surface area contributed by atoms with Crippen LogP contribution in [0.1, 0.15) is 53.5 Å². The molecule has 2 heterocycles. The molecule has 20 heteroatoms. The third-order valence-electron chi connectivity index (χ3n) is 9.47. The Bertz CT molecular complexity index is 2190. The largest absolute Gasteiger partial charge is 0.497 e. The van der Waals surface area contributed by atoms with E-state index in [1.54, 1.807) is 42.9 Å². The zero-order chi connectivity index (χ0) is 43.4. The van der Waals surface area contributed by atoms with Crippen molar-refractivity contribution in [3.05, 3.63) is 108 Å². The van der Waals surface area contributed by atoms with Crippen LogP contribution in [0.5, 0.6) is 5.75 Å². The van der Waals surface area contributed by atoms with Gasteiger partial charge in [-0.05, 0) is 41.8 Å². The first-order chi connectivity index (χ1) is 28.7. The minimum absolute atomic E-state index is 0.0772. The monoisotopic (exact) mass is 835 g/mol. The summed E-state index contributed by atoms with van der Waals surface area (Å²) < 4.78 is 38.5. The molecule has 4 amide bonds. The lowest BCUT2D eigenvalue weighted by Crippen LogP contribution is -2.42. The van der Waals surface area contributed by atoms with E-state index in [9.17, 15) is 37.8 Å². The van der Waals surface area contributed by atoms with Crippen LogP contribution in [-0.4, -0.2) is 110 Å². The number of nitrogens with zero attached hydrogens (tertiary/aromatic N) is 4. The van der Waals surface area contributed by atoms with Crippen LogP contribution >= 0.6 is 0 Å². The Balaban J connectivity index is 0.000000896. The summed E-state index contributed by atoms with van der Waals surface area (Å²) in [6.07, 6.45) is -5.61. The molecular weight excluding hydrogens is 791 g/mol. The second-order valence-corrected chi connectivity index (χ2v) is 13.5. The van der Waals surface area contributed by atoms with Gasteiger partial charge in [0, 0.05) is 37.7 Å². The lowest BCUT2D eigenvalue weighted by Gasteiger charge is -2.20. The van der Waals surface area contributed by atoms with E-state index in [1.807, 2.05) is 60.7 Å². The van der Waals surface area contributed by atoms with E-state index >= 15 is 0 Å². The number of urea groups is 1. The number of halogens is 3. The summed E-state index contributed by atoms with van der Waals surface area (Å²) in [4.78, 5) is 60.7. The Labute approximate surface area is 341 Å². The van der Waals surface area contributed by atoms with Crippen LogP contribution in [0.15, 0.2) is 91.3 Å². The molecule has 1 saturated carbocycles. The van der Waals surface area contributed by atoms with Gasteiger partial charge in [-0.15, -0.1) is 0 Å². The lowest BCUT2D eigenvalue weighted by molar-refractivity contribution is -0.192. The van der Waals surface area contributed by atoms with Crippen molar-refractivity contribution in [2.75, 3.05) is 37.4 Å². The van der Waals surface area contributed by atoms with Crippen LogP contribution < -0.4 is 31.3 Å². The zero-order valence-electron chi connectivity index (χ0n) is 32.4. The number of alkyl halides is 3. The maximum Gasteiger partial charge on any atom is 0.490 e. The van der Waals surface area contributed by atoms with E-state index in [1.165, 1.54) is 6.33 Å². The summed E-state index contributed by atoms with van der Waals surface area (Å²) in [7, 11) is 1.56. The Morgan fingerprint density at radius 2 is 1.48 bits per heavy atom. The van der Waals surface area contributed by atoms with Gasteiger partial charge < -0.3 is 51.2 Å². The smallest absolute Gasteiger partial charge is 0.490 e. The first-order valence-electron chi connectivity index (χ1n) is 18.7. The number of anilines is 2. The van der Waals surface area contributed by atoms with Crippen LogP contribution in [0, 0.1) is 0 Å². The first kappa shape index (κ1) is 44.3. The number of aromatic nitrogens is 4. The molecule has 5 aromatic rings. The van der Waals surface area contributed by atoms with Gasteiger partial charge in [-0.1, -0.05) is 67.6 Å². The van der Waals surface area contributed by atoms with Crippen molar-refractivity contribution in [2.45, 2.75) is 56.2 Å². The van der Waals surface area contributed by atoms with Crippen molar-refractivity contribution in [1.29, 1.82) is 0 Å². The standard InChI is InChI=1S/C38H43N9O6.C2HF3O2/c1-3-30(48)44-28-20-29(33(50)32(28)49)47-22-42-31-34(41-21-27(23-10-6-4-7-11-23)24-12-8-5-9-13-24)45-35(46-36(31)47)37(51)39-18-19-40-38(52)43-25-14-16-26(53-2)17-15-25;3-2(4,5)1(6)7/h4-17,22,27-29,32-33,49-50H,3,18-21H2,1-2H3,(H,39,51)(H,44,48)(H2,40,43,52)(H,41,45,46);(H,6,7)/t28-,29+,32+,33-;/m0./s1. The molecule has 1 aliphatic carbocycles. The minimum Gasteiger partial charge on any atom is -0.497 e. The summed E-state index contributed by atoms with van der Waals surface area (Å²) in [6, 6.07) is 25.1. The van der Waals surface area contributed by atoms with Gasteiger partial charge in [0.15, 0.2) is 11.5 Å². The fourth-order valence-corrected chi connectivity index (χ4v) is 6.40. The highest BCUT2D eigenvalue weighted by Gasteiger charge is 2.44. The molecule has 0 unspecified atom stereocenters. The van der Waals surface area contributed by atoms with Crippen LogP contribution in [0.3, 0.4) is 0 Å². The summed E-state index contributed by atoms with van der Waals surface area (Å²) in [5, 5.41) is 43.4. The minimum atomic E-state index is -5.08. The van der Waals surface area contributed by atoms with E-state index in [2.05, 4.69) is 41.5 Å². The predicted molar refractivity (Wildman–Crippen MR) is 212 cm³/mol. The number of hydrogen-bond donors (Lipinski definition) is 8. The van der Waals surface area contributed by atoms with Crippen molar-refractivity contribution in [2.24, 2.45) is 0 Å². The number of carbonyl (C=O) groups is 4. The van der Waals surface area contributed by atoms with Crippen LogP contribution in [0.4, 0.5) is 29.5 Å². The number of carboxylic acid groups (broad SMARTS) is 1. The lowest BCUT2D eigenvalue weighted by atomic mass is 9.91. The molecule has 0 spiro atoms. The van der Waals surface area contributed by atoms with Gasteiger partial charge >= 0.3 is 18.2 Å². The normalized spacial score (nSPS) is 17.3. The van der Waals surface area contributed by atoms with Crippen molar-refractivity contribution in [1.82, 2.24) is 35.5 Å². The van der Waals surface area contributed by atoms with E-state index in [4.69, 9.17) is 14.6 Å². The maximum absolute atomic E-state index is 13.5.